The normalized spacial score (nSPS) is 22.9. The molecule has 2 aromatic heterocycles. The largest absolute Gasteiger partial charge is 0.408 e. The summed E-state index contributed by atoms with van der Waals surface area (Å²) in [4.78, 5) is 39.0. The fourth-order valence-electron chi connectivity index (χ4n) is 7.50. The zero-order chi connectivity index (χ0) is 42.7. The molecular weight excluding hydrogens is 810 g/mol. The Balaban J connectivity index is 1.02. The monoisotopic (exact) mass is 861 g/mol. The van der Waals surface area contributed by atoms with Crippen molar-refractivity contribution >= 4 is 41.7 Å². The number of piperazine rings is 1. The molecule has 0 aliphatic carbocycles. The van der Waals surface area contributed by atoms with Gasteiger partial charge in [-0.2, -0.15) is 4.98 Å². The van der Waals surface area contributed by atoms with Crippen molar-refractivity contribution in [2.45, 2.75) is 50.4 Å². The van der Waals surface area contributed by atoms with Gasteiger partial charge in [0.2, 0.25) is 5.95 Å². The lowest BCUT2D eigenvalue weighted by molar-refractivity contribution is -0.124. The Labute approximate surface area is 352 Å². The van der Waals surface area contributed by atoms with Gasteiger partial charge in [-0.1, -0.05) is 103 Å². The Bertz CT molecular complexity index is 2240. The summed E-state index contributed by atoms with van der Waals surface area (Å²) in [5.74, 6) is 0.0119. The Kier molecular flexibility index (Phi) is 13.1. The number of hydrogen-bond donors (Lipinski definition) is 4. The lowest BCUT2D eigenvalue weighted by Crippen LogP contribution is -2.45. The third-order valence-electron chi connectivity index (χ3n) is 11.0. The number of likely N-dealkylation sites (N-methyl/N-ethyl adjacent to an activating group) is 1. The number of ether oxygens (including phenoxy) is 2. The highest BCUT2D eigenvalue weighted by molar-refractivity contribution is 8.13. The third-order valence-corrected chi connectivity index (χ3v) is 14.3. The van der Waals surface area contributed by atoms with Gasteiger partial charge in [0, 0.05) is 31.9 Å². The van der Waals surface area contributed by atoms with E-state index in [-0.39, 0.29) is 41.2 Å². The molecule has 4 heterocycles. The predicted molar refractivity (Wildman–Crippen MR) is 228 cm³/mol. The van der Waals surface area contributed by atoms with Crippen molar-refractivity contribution in [3.05, 3.63) is 124 Å². The molecule has 320 valence electrons. The van der Waals surface area contributed by atoms with Crippen molar-refractivity contribution < 1.29 is 38.1 Å². The number of imidazole rings is 1. The van der Waals surface area contributed by atoms with E-state index < -0.39 is 55.0 Å². The summed E-state index contributed by atoms with van der Waals surface area (Å²) in [7, 11) is -2.06. The van der Waals surface area contributed by atoms with Crippen LogP contribution in [-0.2, 0) is 33.5 Å². The molecule has 3 aromatic carbocycles. The minimum Gasteiger partial charge on any atom is -0.387 e. The Morgan fingerprint density at radius 1 is 0.983 bits per heavy atom. The molecular formula is C42H52N7O9PS. The van der Waals surface area contributed by atoms with Gasteiger partial charge in [-0.15, -0.1) is 0 Å². The predicted octanol–water partition coefficient (Wildman–Crippen LogP) is 4.39. The van der Waals surface area contributed by atoms with E-state index in [4.69, 9.17) is 24.3 Å². The first kappa shape index (κ1) is 43.8. The quantitative estimate of drug-likeness (QED) is 0.0617. The smallest absolute Gasteiger partial charge is 0.387 e. The maximum Gasteiger partial charge on any atom is 0.408 e. The first-order chi connectivity index (χ1) is 28.7. The van der Waals surface area contributed by atoms with E-state index in [0.29, 0.717) is 26.2 Å². The number of nitrogens with two attached hydrogens (primary N) is 1. The molecule has 0 radical (unpaired) electrons. The van der Waals surface area contributed by atoms with E-state index in [2.05, 4.69) is 19.9 Å². The Morgan fingerprint density at radius 3 is 2.12 bits per heavy atom. The van der Waals surface area contributed by atoms with Crippen molar-refractivity contribution in [2.24, 2.45) is 5.41 Å². The molecule has 0 saturated carbocycles. The highest BCUT2D eigenvalue weighted by Gasteiger charge is 2.54. The van der Waals surface area contributed by atoms with Crippen LogP contribution in [0.2, 0.25) is 0 Å². The molecule has 5 atom stereocenters. The molecule has 60 heavy (non-hydrogen) atoms. The average Bonchev–Trinajstić information content (AvgIpc) is 3.76. The van der Waals surface area contributed by atoms with Crippen LogP contribution in [0.15, 0.2) is 102 Å². The second kappa shape index (κ2) is 18.0. The number of thioether (sulfide) groups is 1. The minimum atomic E-state index is -4.02. The lowest BCUT2D eigenvalue weighted by atomic mass is 9.79. The molecule has 16 nitrogen and oxygen atoms in total. The van der Waals surface area contributed by atoms with Crippen LogP contribution in [0.3, 0.4) is 0 Å². The summed E-state index contributed by atoms with van der Waals surface area (Å²) in [6.07, 6.45) is -2.67. The van der Waals surface area contributed by atoms with E-state index in [1.165, 1.54) is 17.8 Å². The van der Waals surface area contributed by atoms with E-state index in [1.807, 2.05) is 112 Å². The number of aromatic nitrogens is 4. The SMILES string of the molecule is CN1CCN(P(=O)(OCCSC(=O)C(C)(C)COC(c2ccccc2)(c2ccccc2)c2ccccc2)OC[C@H]2O[C@@H](n3cnc4c(=O)[nH]c(N)nc43)[C@](C)(O)[C@@H]2O)CC1. The fourth-order valence-corrected chi connectivity index (χ4v) is 10.2. The number of nitrogens with one attached hydrogen (secondary N) is 1. The summed E-state index contributed by atoms with van der Waals surface area (Å²) >= 11 is 1.06. The van der Waals surface area contributed by atoms with Gasteiger partial charge in [-0.25, -0.2) is 14.2 Å². The van der Waals surface area contributed by atoms with Gasteiger partial charge in [0.05, 0.1) is 31.6 Å². The minimum absolute atomic E-state index is 0.0299. The molecule has 5 aromatic rings. The number of carbonyl (C=O) groups excluding carboxylic acids is 1. The van der Waals surface area contributed by atoms with Crippen molar-refractivity contribution in [2.75, 3.05) is 64.5 Å². The van der Waals surface area contributed by atoms with Crippen LogP contribution in [0.25, 0.3) is 11.2 Å². The zero-order valence-corrected chi connectivity index (χ0v) is 35.8. The number of aliphatic hydroxyl groups is 2. The van der Waals surface area contributed by atoms with Gasteiger partial charge in [0.15, 0.2) is 22.5 Å². The molecule has 1 unspecified atom stereocenters. The maximum absolute atomic E-state index is 14.6. The van der Waals surface area contributed by atoms with Crippen LogP contribution < -0.4 is 11.3 Å². The summed E-state index contributed by atoms with van der Waals surface area (Å²) in [6.45, 7) is 6.63. The Morgan fingerprint density at radius 2 is 1.55 bits per heavy atom. The number of benzene rings is 3. The first-order valence-electron chi connectivity index (χ1n) is 19.7. The van der Waals surface area contributed by atoms with Gasteiger partial charge < -0.3 is 30.3 Å². The molecule has 2 saturated heterocycles. The number of aliphatic hydroxyl groups excluding tert-OH is 1. The number of nitrogen functional groups attached to an aromatic ring is 1. The standard InChI is InChI=1S/C42H52N7O9PS/c1-40(2,27-55-42(29-14-8-5-9-15-29,30-16-10-6-11-17-30)31-18-12-7-13-19-31)38(52)60-25-24-56-59(54,48-22-20-47(4)21-23-48)57-26-32-34(50)41(3,53)37(58-32)49-28-44-33-35(49)45-39(43)46-36(33)51/h5-19,28,32,34,37,50,53H,20-27H2,1-4H3,(H3,43,45,46,51)/t32-,34-,37-,41-,59?/m1/s1. The van der Waals surface area contributed by atoms with Crippen molar-refractivity contribution in [1.29, 1.82) is 0 Å². The molecule has 5 N–H and O–H groups in total. The number of hydrogen-bond acceptors (Lipinski definition) is 14. The molecule has 7 rings (SSSR count). The highest BCUT2D eigenvalue weighted by Crippen LogP contribution is 2.53. The fraction of sp³-hybridized carbons (Fsp3) is 0.429. The van der Waals surface area contributed by atoms with Gasteiger partial charge >= 0.3 is 7.75 Å². The lowest BCUT2D eigenvalue weighted by Gasteiger charge is -2.38. The van der Waals surface area contributed by atoms with Gasteiger partial charge in [0.25, 0.3) is 5.56 Å². The second-order valence-corrected chi connectivity index (χ2v) is 19.0. The molecule has 0 bridgehead atoms. The van der Waals surface area contributed by atoms with Crippen molar-refractivity contribution in [1.82, 2.24) is 29.1 Å². The van der Waals surface area contributed by atoms with E-state index in [9.17, 15) is 24.4 Å². The molecule has 2 aliphatic heterocycles. The first-order valence-corrected chi connectivity index (χ1v) is 22.2. The summed E-state index contributed by atoms with van der Waals surface area (Å²) in [5, 5.41) is 22.5. The molecule has 0 amide bonds. The topological polar surface area (TPSA) is 208 Å². The van der Waals surface area contributed by atoms with Gasteiger partial charge in [-0.05, 0) is 44.5 Å². The summed E-state index contributed by atoms with van der Waals surface area (Å²) < 4.78 is 42.7. The number of fused-ring (bicyclic) bond motifs is 1. The van der Waals surface area contributed by atoms with E-state index in [1.54, 1.807) is 4.67 Å². The van der Waals surface area contributed by atoms with Crippen LogP contribution in [0, 0.1) is 5.41 Å². The van der Waals surface area contributed by atoms with Crippen LogP contribution in [-0.4, -0.2) is 121 Å². The molecule has 18 heteroatoms. The van der Waals surface area contributed by atoms with Gasteiger partial charge in [0.1, 0.15) is 23.4 Å². The number of carbonyl (C=O) groups is 1. The van der Waals surface area contributed by atoms with Gasteiger partial charge in [-0.3, -0.25) is 28.2 Å². The third kappa shape index (κ3) is 8.88. The van der Waals surface area contributed by atoms with Crippen LogP contribution in [0.5, 0.6) is 0 Å². The van der Waals surface area contributed by atoms with E-state index in [0.717, 1.165) is 28.5 Å². The molecule has 2 aliphatic rings. The van der Waals surface area contributed by atoms with Crippen molar-refractivity contribution in [3.8, 4) is 0 Å². The number of nitrogens with zero attached hydrogens (tertiary/aromatic N) is 5. The Hall–Kier alpha value is -4.26. The summed E-state index contributed by atoms with van der Waals surface area (Å²) in [6, 6.07) is 29.9. The maximum atomic E-state index is 14.6. The summed E-state index contributed by atoms with van der Waals surface area (Å²) in [5.41, 5.74) is 4.14. The van der Waals surface area contributed by atoms with E-state index >= 15 is 0 Å². The molecule has 0 spiro atoms. The number of rotatable bonds is 16. The number of anilines is 1. The average molecular weight is 862 g/mol. The number of aromatic amines is 1. The zero-order valence-electron chi connectivity index (χ0n) is 34.0. The number of H-pyrrole nitrogens is 1. The highest BCUT2D eigenvalue weighted by atomic mass is 32.2. The van der Waals surface area contributed by atoms with Crippen LogP contribution in [0.1, 0.15) is 43.7 Å². The van der Waals surface area contributed by atoms with Crippen LogP contribution in [0.4, 0.5) is 5.95 Å². The second-order valence-electron chi connectivity index (χ2n) is 15.9. The van der Waals surface area contributed by atoms with Crippen molar-refractivity contribution in [3.63, 3.8) is 0 Å². The van der Waals surface area contributed by atoms with Crippen LogP contribution >= 0.6 is 19.5 Å². The molecule has 2 fully saturated rings.